The Labute approximate surface area is 119 Å². The number of hydrogen-bond donors (Lipinski definition) is 1. The highest BCUT2D eigenvalue weighted by Gasteiger charge is 2.37. The summed E-state index contributed by atoms with van der Waals surface area (Å²) in [6, 6.07) is 5.74. The van der Waals surface area contributed by atoms with E-state index >= 15 is 0 Å². The van der Waals surface area contributed by atoms with Gasteiger partial charge in [0.2, 0.25) is 0 Å². The second kappa shape index (κ2) is 6.61. The highest BCUT2D eigenvalue weighted by Crippen LogP contribution is 2.40. The van der Waals surface area contributed by atoms with Gasteiger partial charge in [-0.3, -0.25) is 4.79 Å². The number of rotatable bonds is 5. The maximum Gasteiger partial charge on any atom is 0.310 e. The van der Waals surface area contributed by atoms with Crippen molar-refractivity contribution in [2.24, 2.45) is 5.92 Å². The van der Waals surface area contributed by atoms with Gasteiger partial charge in [0.25, 0.3) is 0 Å². The number of para-hydroxylation sites is 1. The lowest BCUT2D eigenvalue weighted by Gasteiger charge is -2.21. The monoisotopic (exact) mass is 279 g/mol. The maximum atomic E-state index is 12.0. The molecule has 1 N–H and O–H groups in total. The van der Waals surface area contributed by atoms with Gasteiger partial charge in [-0.2, -0.15) is 0 Å². The van der Waals surface area contributed by atoms with E-state index in [0.717, 1.165) is 12.1 Å². The molecule has 5 heteroatoms. The molecular formula is C15H21NO4. The number of benzene rings is 1. The van der Waals surface area contributed by atoms with Crippen LogP contribution in [0.5, 0.6) is 11.5 Å². The van der Waals surface area contributed by atoms with Crippen molar-refractivity contribution in [3.63, 3.8) is 0 Å². The van der Waals surface area contributed by atoms with E-state index in [1.807, 2.05) is 25.1 Å². The standard InChI is InChI=1S/C15H21NO4/c1-4-20-15(17)12-9-16-8-11(12)10-6-5-7-13(18-2)14(10)19-3/h5-7,11-12,16H,4,8-9H2,1-3H3. The molecule has 1 aromatic rings. The van der Waals surface area contributed by atoms with Crippen LogP contribution in [0.1, 0.15) is 18.4 Å². The van der Waals surface area contributed by atoms with E-state index in [1.165, 1.54) is 0 Å². The molecule has 2 unspecified atom stereocenters. The van der Waals surface area contributed by atoms with Gasteiger partial charge in [-0.25, -0.2) is 0 Å². The number of carbonyl (C=O) groups is 1. The number of methoxy groups -OCH3 is 2. The third kappa shape index (κ3) is 2.72. The Morgan fingerprint density at radius 3 is 2.75 bits per heavy atom. The second-order valence-electron chi connectivity index (χ2n) is 4.71. The Balaban J connectivity index is 2.32. The summed E-state index contributed by atoms with van der Waals surface area (Å²) in [4.78, 5) is 12.0. The van der Waals surface area contributed by atoms with Crippen molar-refractivity contribution >= 4 is 5.97 Å². The molecule has 1 heterocycles. The van der Waals surface area contributed by atoms with Crippen molar-refractivity contribution in [2.75, 3.05) is 33.9 Å². The first kappa shape index (κ1) is 14.7. The van der Waals surface area contributed by atoms with Crippen LogP contribution in [0, 0.1) is 5.92 Å². The Hall–Kier alpha value is -1.75. The lowest BCUT2D eigenvalue weighted by molar-refractivity contribution is -0.147. The smallest absolute Gasteiger partial charge is 0.310 e. The fraction of sp³-hybridized carbons (Fsp3) is 0.533. The molecule has 1 aromatic carbocycles. The van der Waals surface area contributed by atoms with E-state index in [9.17, 15) is 4.79 Å². The molecule has 2 rings (SSSR count). The summed E-state index contributed by atoms with van der Waals surface area (Å²) in [5.74, 6) is 1.07. The highest BCUT2D eigenvalue weighted by molar-refractivity contribution is 5.75. The molecule has 0 saturated carbocycles. The fourth-order valence-corrected chi connectivity index (χ4v) is 2.71. The zero-order valence-corrected chi connectivity index (χ0v) is 12.1. The summed E-state index contributed by atoms with van der Waals surface area (Å²) in [6.45, 7) is 3.58. The van der Waals surface area contributed by atoms with Gasteiger partial charge in [0.05, 0.1) is 26.7 Å². The van der Waals surface area contributed by atoms with Crippen LogP contribution < -0.4 is 14.8 Å². The molecule has 20 heavy (non-hydrogen) atoms. The van der Waals surface area contributed by atoms with Crippen LogP contribution in [0.3, 0.4) is 0 Å². The first-order valence-electron chi connectivity index (χ1n) is 6.81. The van der Waals surface area contributed by atoms with Crippen LogP contribution in [-0.4, -0.2) is 39.9 Å². The molecule has 1 fully saturated rings. The molecule has 110 valence electrons. The summed E-state index contributed by atoms with van der Waals surface area (Å²) in [5, 5.41) is 3.25. The second-order valence-corrected chi connectivity index (χ2v) is 4.71. The summed E-state index contributed by atoms with van der Waals surface area (Å²) in [5.41, 5.74) is 0.981. The van der Waals surface area contributed by atoms with Crippen molar-refractivity contribution in [1.29, 1.82) is 0 Å². The van der Waals surface area contributed by atoms with E-state index in [-0.39, 0.29) is 17.8 Å². The molecular weight excluding hydrogens is 258 g/mol. The number of carbonyl (C=O) groups excluding carboxylic acids is 1. The van der Waals surface area contributed by atoms with E-state index in [1.54, 1.807) is 14.2 Å². The van der Waals surface area contributed by atoms with Gasteiger partial charge in [-0.05, 0) is 13.0 Å². The van der Waals surface area contributed by atoms with Gasteiger partial charge in [0, 0.05) is 24.6 Å². The van der Waals surface area contributed by atoms with Crippen molar-refractivity contribution in [1.82, 2.24) is 5.32 Å². The topological polar surface area (TPSA) is 56.8 Å². The van der Waals surface area contributed by atoms with E-state index < -0.39 is 0 Å². The summed E-state index contributed by atoms with van der Waals surface area (Å²) in [7, 11) is 3.22. The van der Waals surface area contributed by atoms with E-state index in [4.69, 9.17) is 14.2 Å². The van der Waals surface area contributed by atoms with Gasteiger partial charge < -0.3 is 19.5 Å². The Morgan fingerprint density at radius 2 is 2.10 bits per heavy atom. The molecule has 1 saturated heterocycles. The number of esters is 1. The Morgan fingerprint density at radius 1 is 1.30 bits per heavy atom. The van der Waals surface area contributed by atoms with Crippen LogP contribution in [0.25, 0.3) is 0 Å². The molecule has 0 radical (unpaired) electrons. The van der Waals surface area contributed by atoms with Crippen LogP contribution in [0.15, 0.2) is 18.2 Å². The van der Waals surface area contributed by atoms with Crippen LogP contribution in [0.2, 0.25) is 0 Å². The molecule has 2 atom stereocenters. The third-order valence-corrected chi connectivity index (χ3v) is 3.64. The fourth-order valence-electron chi connectivity index (χ4n) is 2.71. The first-order chi connectivity index (χ1) is 9.72. The van der Waals surface area contributed by atoms with Gasteiger partial charge >= 0.3 is 5.97 Å². The lowest BCUT2D eigenvalue weighted by Crippen LogP contribution is -2.24. The quantitative estimate of drug-likeness (QED) is 0.829. The van der Waals surface area contributed by atoms with Crippen LogP contribution in [0.4, 0.5) is 0 Å². The first-order valence-corrected chi connectivity index (χ1v) is 6.81. The van der Waals surface area contributed by atoms with Crippen LogP contribution in [-0.2, 0) is 9.53 Å². The predicted octanol–water partition coefficient (Wildman–Crippen LogP) is 1.57. The van der Waals surface area contributed by atoms with Crippen LogP contribution >= 0.6 is 0 Å². The molecule has 1 aliphatic heterocycles. The normalized spacial score (nSPS) is 21.6. The molecule has 0 bridgehead atoms. The summed E-state index contributed by atoms with van der Waals surface area (Å²) >= 11 is 0. The van der Waals surface area contributed by atoms with Gasteiger partial charge in [-0.1, -0.05) is 12.1 Å². The van der Waals surface area contributed by atoms with Crippen molar-refractivity contribution < 1.29 is 19.0 Å². The molecule has 1 aliphatic rings. The van der Waals surface area contributed by atoms with Crippen molar-refractivity contribution in [3.05, 3.63) is 23.8 Å². The molecule has 0 amide bonds. The van der Waals surface area contributed by atoms with Gasteiger partial charge in [0.15, 0.2) is 11.5 Å². The summed E-state index contributed by atoms with van der Waals surface area (Å²) in [6.07, 6.45) is 0. The number of ether oxygens (including phenoxy) is 3. The number of hydrogen-bond acceptors (Lipinski definition) is 5. The minimum Gasteiger partial charge on any atom is -0.493 e. The van der Waals surface area contributed by atoms with Gasteiger partial charge in [0.1, 0.15) is 0 Å². The lowest BCUT2D eigenvalue weighted by atomic mass is 9.88. The number of nitrogens with one attached hydrogen (secondary N) is 1. The molecule has 5 nitrogen and oxygen atoms in total. The highest BCUT2D eigenvalue weighted by atomic mass is 16.5. The molecule has 0 aliphatic carbocycles. The summed E-state index contributed by atoms with van der Waals surface area (Å²) < 4.78 is 15.9. The molecule has 0 spiro atoms. The largest absolute Gasteiger partial charge is 0.493 e. The zero-order chi connectivity index (χ0) is 14.5. The minimum absolute atomic E-state index is 0.0408. The van der Waals surface area contributed by atoms with Gasteiger partial charge in [-0.15, -0.1) is 0 Å². The third-order valence-electron chi connectivity index (χ3n) is 3.64. The predicted molar refractivity (Wildman–Crippen MR) is 75.3 cm³/mol. The van der Waals surface area contributed by atoms with Crippen molar-refractivity contribution in [2.45, 2.75) is 12.8 Å². The maximum absolute atomic E-state index is 12.0. The minimum atomic E-state index is -0.184. The van der Waals surface area contributed by atoms with Crippen molar-refractivity contribution in [3.8, 4) is 11.5 Å². The van der Waals surface area contributed by atoms with E-state index in [0.29, 0.717) is 24.7 Å². The van der Waals surface area contributed by atoms with E-state index in [2.05, 4.69) is 5.32 Å². The average Bonchev–Trinajstić information content (AvgIpc) is 2.95. The Kier molecular flexibility index (Phi) is 4.84. The Bertz CT molecular complexity index is 475. The molecule has 0 aromatic heterocycles. The zero-order valence-electron chi connectivity index (χ0n) is 12.1. The average molecular weight is 279 g/mol. The SMILES string of the molecule is CCOC(=O)C1CNCC1c1cccc(OC)c1OC.